The molecule has 0 atom stereocenters. The van der Waals surface area contributed by atoms with Gasteiger partial charge < -0.3 is 14.5 Å². The Balaban J connectivity index is 1.32. The Morgan fingerprint density at radius 1 is 1.28 bits per heavy atom. The Bertz CT molecular complexity index is 993. The number of hydrogen-bond donors (Lipinski definition) is 1. The molecule has 1 saturated carbocycles. The van der Waals surface area contributed by atoms with Crippen molar-refractivity contribution in [2.75, 3.05) is 19.6 Å². The Hall–Kier alpha value is -2.86. The van der Waals surface area contributed by atoms with E-state index in [1.165, 1.54) is 18.4 Å². The summed E-state index contributed by atoms with van der Waals surface area (Å²) in [7, 11) is 0. The minimum Gasteiger partial charge on any atom is -0.487 e. The number of rotatable bonds is 9. The summed E-state index contributed by atoms with van der Waals surface area (Å²) in [5, 5.41) is 3.02. The molecule has 0 aliphatic heterocycles. The minimum atomic E-state index is -0.0643. The number of aryl methyl sites for hydroxylation is 1. The molecule has 0 spiro atoms. The number of amides is 1. The molecule has 0 saturated heterocycles. The van der Waals surface area contributed by atoms with E-state index in [-0.39, 0.29) is 5.91 Å². The summed E-state index contributed by atoms with van der Waals surface area (Å²) in [6, 6.07) is 12.1. The third kappa shape index (κ3) is 4.95. The zero-order valence-electron chi connectivity index (χ0n) is 17.1. The largest absolute Gasteiger partial charge is 0.487 e. The highest BCUT2D eigenvalue weighted by molar-refractivity contribution is 5.94. The van der Waals surface area contributed by atoms with Gasteiger partial charge in [0.05, 0.1) is 5.69 Å². The molecule has 3 aromatic rings. The van der Waals surface area contributed by atoms with E-state index in [1.54, 1.807) is 6.07 Å². The lowest BCUT2D eigenvalue weighted by Crippen LogP contribution is -2.36. The fourth-order valence-corrected chi connectivity index (χ4v) is 3.56. The summed E-state index contributed by atoms with van der Waals surface area (Å²) in [6.45, 7) is 7.18. The number of nitrogens with one attached hydrogen (secondary N) is 1. The van der Waals surface area contributed by atoms with Crippen molar-refractivity contribution in [2.45, 2.75) is 39.3 Å². The molecule has 152 valence electrons. The first kappa shape index (κ1) is 19.5. The predicted molar refractivity (Wildman–Crippen MR) is 113 cm³/mol. The standard InChI is InChI=1S/C23H28N4O2/c1-3-26(20-8-9-20)12-11-24-23(28)18-5-4-6-21(13-18)29-16-19-15-27-14-17(2)7-10-22(27)25-19/h4-7,10,13-15,20H,3,8-9,11-12,16H2,1-2H3,(H,24,28). The normalized spacial score (nSPS) is 13.8. The van der Waals surface area contributed by atoms with Crippen LogP contribution >= 0.6 is 0 Å². The third-order valence-corrected chi connectivity index (χ3v) is 5.29. The molecular weight excluding hydrogens is 364 g/mol. The molecule has 1 aliphatic rings. The monoisotopic (exact) mass is 392 g/mol. The van der Waals surface area contributed by atoms with E-state index in [1.807, 2.05) is 47.1 Å². The average Bonchev–Trinajstić information content (AvgIpc) is 3.49. The Kier molecular flexibility index (Phi) is 5.81. The van der Waals surface area contributed by atoms with Crippen LogP contribution in [-0.4, -0.2) is 45.9 Å². The summed E-state index contributed by atoms with van der Waals surface area (Å²) >= 11 is 0. The van der Waals surface area contributed by atoms with E-state index in [2.05, 4.69) is 29.0 Å². The maximum atomic E-state index is 12.5. The molecule has 0 unspecified atom stereocenters. The van der Waals surface area contributed by atoms with E-state index in [0.717, 1.165) is 30.5 Å². The van der Waals surface area contributed by atoms with Crippen LogP contribution in [0.2, 0.25) is 0 Å². The summed E-state index contributed by atoms with van der Waals surface area (Å²) in [4.78, 5) is 19.5. The minimum absolute atomic E-state index is 0.0643. The lowest BCUT2D eigenvalue weighted by atomic mass is 10.2. The Morgan fingerprint density at radius 2 is 2.14 bits per heavy atom. The van der Waals surface area contributed by atoms with E-state index in [4.69, 9.17) is 4.74 Å². The number of pyridine rings is 1. The molecule has 1 N–H and O–H groups in total. The van der Waals surface area contributed by atoms with Crippen LogP contribution in [0.1, 0.15) is 41.4 Å². The van der Waals surface area contributed by atoms with Gasteiger partial charge in [-0.25, -0.2) is 4.98 Å². The number of imidazole rings is 1. The number of ether oxygens (including phenoxy) is 1. The van der Waals surface area contributed by atoms with Gasteiger partial charge >= 0.3 is 0 Å². The number of aromatic nitrogens is 2. The van der Waals surface area contributed by atoms with Gasteiger partial charge in [0.15, 0.2) is 0 Å². The van der Waals surface area contributed by atoms with Gasteiger partial charge in [-0.15, -0.1) is 0 Å². The number of fused-ring (bicyclic) bond motifs is 1. The zero-order chi connectivity index (χ0) is 20.2. The fourth-order valence-electron chi connectivity index (χ4n) is 3.56. The van der Waals surface area contributed by atoms with Crippen LogP contribution in [0.4, 0.5) is 0 Å². The molecule has 4 rings (SSSR count). The molecule has 1 amide bonds. The van der Waals surface area contributed by atoms with Crippen LogP contribution in [0.15, 0.2) is 48.8 Å². The number of hydrogen-bond acceptors (Lipinski definition) is 4. The van der Waals surface area contributed by atoms with Gasteiger partial charge in [0.25, 0.3) is 5.91 Å². The maximum Gasteiger partial charge on any atom is 0.251 e. The molecular formula is C23H28N4O2. The number of benzene rings is 1. The number of carbonyl (C=O) groups is 1. The van der Waals surface area contributed by atoms with Crippen molar-refractivity contribution in [1.82, 2.24) is 19.6 Å². The lowest BCUT2D eigenvalue weighted by Gasteiger charge is -2.19. The van der Waals surface area contributed by atoms with Gasteiger partial charge in [0.1, 0.15) is 18.0 Å². The Labute approximate surface area is 171 Å². The quantitative estimate of drug-likeness (QED) is 0.606. The second-order valence-electron chi connectivity index (χ2n) is 7.64. The van der Waals surface area contributed by atoms with Gasteiger partial charge in [-0.3, -0.25) is 9.69 Å². The Morgan fingerprint density at radius 3 is 2.93 bits per heavy atom. The summed E-state index contributed by atoms with van der Waals surface area (Å²) in [6.07, 6.45) is 6.58. The molecule has 0 bridgehead atoms. The summed E-state index contributed by atoms with van der Waals surface area (Å²) < 4.78 is 7.88. The van der Waals surface area contributed by atoms with Crippen LogP contribution in [0.3, 0.4) is 0 Å². The fraction of sp³-hybridized carbons (Fsp3) is 0.391. The van der Waals surface area contributed by atoms with Crippen LogP contribution in [0.25, 0.3) is 5.65 Å². The van der Waals surface area contributed by atoms with E-state index in [9.17, 15) is 4.79 Å². The van der Waals surface area contributed by atoms with Gasteiger partial charge in [-0.05, 0) is 56.1 Å². The van der Waals surface area contributed by atoms with E-state index < -0.39 is 0 Å². The van der Waals surface area contributed by atoms with Crippen molar-refractivity contribution >= 4 is 11.6 Å². The van der Waals surface area contributed by atoms with Crippen LogP contribution in [-0.2, 0) is 6.61 Å². The first-order valence-corrected chi connectivity index (χ1v) is 10.3. The second-order valence-corrected chi connectivity index (χ2v) is 7.64. The molecule has 2 aromatic heterocycles. The van der Waals surface area contributed by atoms with Crippen molar-refractivity contribution in [2.24, 2.45) is 0 Å². The second kappa shape index (κ2) is 8.66. The SMILES string of the molecule is CCN(CCNC(=O)c1cccc(OCc2cn3cc(C)ccc3n2)c1)C1CC1. The van der Waals surface area contributed by atoms with Crippen molar-refractivity contribution in [3.05, 3.63) is 65.6 Å². The van der Waals surface area contributed by atoms with E-state index in [0.29, 0.717) is 24.5 Å². The topological polar surface area (TPSA) is 58.9 Å². The molecule has 1 fully saturated rings. The van der Waals surface area contributed by atoms with Crippen LogP contribution in [0, 0.1) is 6.92 Å². The van der Waals surface area contributed by atoms with Crippen LogP contribution in [0.5, 0.6) is 5.75 Å². The van der Waals surface area contributed by atoms with Gasteiger partial charge in [-0.1, -0.05) is 19.1 Å². The highest BCUT2D eigenvalue weighted by Gasteiger charge is 2.27. The molecule has 6 nitrogen and oxygen atoms in total. The van der Waals surface area contributed by atoms with Gasteiger partial charge in [-0.2, -0.15) is 0 Å². The highest BCUT2D eigenvalue weighted by Crippen LogP contribution is 2.25. The molecule has 1 aliphatic carbocycles. The molecule has 1 aromatic carbocycles. The van der Waals surface area contributed by atoms with Gasteiger partial charge in [0.2, 0.25) is 0 Å². The van der Waals surface area contributed by atoms with Crippen LogP contribution < -0.4 is 10.1 Å². The summed E-state index contributed by atoms with van der Waals surface area (Å²) in [5.74, 6) is 0.601. The maximum absolute atomic E-state index is 12.5. The zero-order valence-corrected chi connectivity index (χ0v) is 17.1. The number of nitrogens with zero attached hydrogens (tertiary/aromatic N) is 3. The average molecular weight is 393 g/mol. The van der Waals surface area contributed by atoms with Crippen molar-refractivity contribution < 1.29 is 9.53 Å². The molecule has 2 heterocycles. The lowest BCUT2D eigenvalue weighted by molar-refractivity contribution is 0.0947. The molecule has 6 heteroatoms. The first-order valence-electron chi connectivity index (χ1n) is 10.3. The van der Waals surface area contributed by atoms with Gasteiger partial charge in [0, 0.05) is 37.1 Å². The smallest absolute Gasteiger partial charge is 0.251 e. The first-order chi connectivity index (χ1) is 14.1. The number of carbonyl (C=O) groups excluding carboxylic acids is 1. The molecule has 0 radical (unpaired) electrons. The predicted octanol–water partition coefficient (Wildman–Crippen LogP) is 3.44. The van der Waals surface area contributed by atoms with Crippen molar-refractivity contribution in [3.8, 4) is 5.75 Å². The van der Waals surface area contributed by atoms with Crippen molar-refractivity contribution in [1.29, 1.82) is 0 Å². The molecule has 29 heavy (non-hydrogen) atoms. The summed E-state index contributed by atoms with van der Waals surface area (Å²) in [5.41, 5.74) is 3.54. The third-order valence-electron chi connectivity index (χ3n) is 5.29. The highest BCUT2D eigenvalue weighted by atomic mass is 16.5. The van der Waals surface area contributed by atoms with Crippen molar-refractivity contribution in [3.63, 3.8) is 0 Å². The number of likely N-dealkylation sites (N-methyl/N-ethyl adjacent to an activating group) is 1. The van der Waals surface area contributed by atoms with E-state index >= 15 is 0 Å².